The van der Waals surface area contributed by atoms with Crippen LogP contribution in [0, 0.1) is 5.95 Å². The monoisotopic (exact) mass is 409 g/mol. The third-order valence-electron chi connectivity index (χ3n) is 5.18. The molecule has 4 heterocycles. The van der Waals surface area contributed by atoms with Gasteiger partial charge in [-0.15, -0.1) is 0 Å². The summed E-state index contributed by atoms with van der Waals surface area (Å²) in [6.07, 6.45) is 4.74. The highest BCUT2D eigenvalue weighted by Gasteiger charge is 2.28. The maximum Gasteiger partial charge on any atom is 0.293 e. The first kappa shape index (κ1) is 18.5. The van der Waals surface area contributed by atoms with E-state index < -0.39 is 11.9 Å². The van der Waals surface area contributed by atoms with Crippen LogP contribution in [0.2, 0.25) is 0 Å². The predicted octanol–water partition coefficient (Wildman–Crippen LogP) is 2.32. The minimum atomic E-state index is -0.487. The van der Waals surface area contributed by atoms with Gasteiger partial charge in [-0.25, -0.2) is 14.2 Å². The molecule has 1 aliphatic rings. The Morgan fingerprint density at radius 3 is 2.83 bits per heavy atom. The summed E-state index contributed by atoms with van der Waals surface area (Å²) in [5.41, 5.74) is 1.79. The number of carbonyl (C=O) groups is 1. The van der Waals surface area contributed by atoms with Crippen molar-refractivity contribution in [3.8, 4) is 0 Å². The summed E-state index contributed by atoms with van der Waals surface area (Å²) >= 11 is 0. The summed E-state index contributed by atoms with van der Waals surface area (Å²) in [6.45, 7) is 3.69. The van der Waals surface area contributed by atoms with Crippen molar-refractivity contribution < 1.29 is 9.18 Å². The molecule has 0 bridgehead atoms. The predicted molar refractivity (Wildman–Crippen MR) is 107 cm³/mol. The van der Waals surface area contributed by atoms with Crippen LogP contribution in [0.3, 0.4) is 0 Å². The fourth-order valence-electron chi connectivity index (χ4n) is 3.48. The number of rotatable bonds is 5. The molecule has 1 amide bonds. The summed E-state index contributed by atoms with van der Waals surface area (Å²) < 4.78 is 17.6. The Morgan fingerprint density at radius 1 is 1.30 bits per heavy atom. The molecule has 9 nitrogen and oxygen atoms in total. The van der Waals surface area contributed by atoms with Crippen molar-refractivity contribution in [3.63, 3.8) is 0 Å². The number of nitrogens with one attached hydrogen (secondary N) is 1. The first-order chi connectivity index (χ1) is 14.4. The molecule has 0 aliphatic heterocycles. The fraction of sp³-hybridized carbons (Fsp3) is 0.350. The zero-order valence-corrected chi connectivity index (χ0v) is 16.5. The Balaban J connectivity index is 1.45. The molecule has 1 N–H and O–H groups in total. The second kappa shape index (κ2) is 6.75. The molecule has 30 heavy (non-hydrogen) atoms. The molecule has 4 aromatic heterocycles. The van der Waals surface area contributed by atoms with Gasteiger partial charge in [0.2, 0.25) is 11.9 Å². The smallest absolute Gasteiger partial charge is 0.293 e. The second-order valence-corrected chi connectivity index (χ2v) is 7.89. The Hall–Kier alpha value is -3.56. The number of pyridine rings is 1. The van der Waals surface area contributed by atoms with Gasteiger partial charge in [0.05, 0.1) is 11.9 Å². The number of nitrogens with zero attached hydrogens (tertiary/aromatic N) is 6. The standard InChI is InChI=1S/C20H20FN7O2/c1-11(2)19-25-27(20(30)15-8-14(12-3-4-12)24-28(15)19)10-18(29)23-13-5-6-26-16(21)9-22-17(26)7-13/h5-9,11-12H,3-4,10H2,1-2H3,(H,23,29). The molecule has 10 heteroatoms. The molecular formula is C20H20FN7O2. The fourth-order valence-corrected chi connectivity index (χ4v) is 3.48. The Bertz CT molecular complexity index is 1350. The zero-order chi connectivity index (χ0) is 21.0. The van der Waals surface area contributed by atoms with E-state index >= 15 is 0 Å². The van der Waals surface area contributed by atoms with Crippen LogP contribution in [-0.4, -0.2) is 34.7 Å². The highest BCUT2D eigenvalue weighted by molar-refractivity contribution is 5.91. The average Bonchev–Trinajstić information content (AvgIpc) is 3.36. The van der Waals surface area contributed by atoms with Crippen LogP contribution in [0.4, 0.5) is 10.1 Å². The van der Waals surface area contributed by atoms with Gasteiger partial charge in [-0.1, -0.05) is 13.8 Å². The zero-order valence-electron chi connectivity index (χ0n) is 16.5. The third kappa shape index (κ3) is 3.14. The van der Waals surface area contributed by atoms with E-state index in [1.165, 1.54) is 15.3 Å². The lowest BCUT2D eigenvalue weighted by Gasteiger charge is -2.12. The first-order valence-electron chi connectivity index (χ1n) is 9.84. The molecule has 4 aromatic rings. The van der Waals surface area contributed by atoms with Crippen molar-refractivity contribution >= 4 is 22.8 Å². The molecule has 1 aliphatic carbocycles. The normalized spacial score (nSPS) is 14.1. The number of aromatic nitrogens is 6. The lowest BCUT2D eigenvalue weighted by molar-refractivity contribution is -0.117. The van der Waals surface area contributed by atoms with Crippen LogP contribution in [0.25, 0.3) is 11.2 Å². The number of fused-ring (bicyclic) bond motifs is 2. The molecule has 1 saturated carbocycles. The molecule has 5 rings (SSSR count). The van der Waals surface area contributed by atoms with Gasteiger partial charge in [0.25, 0.3) is 5.56 Å². The van der Waals surface area contributed by atoms with Crippen molar-refractivity contribution in [2.24, 2.45) is 0 Å². The number of anilines is 1. The lowest BCUT2D eigenvalue weighted by atomic mass is 10.2. The number of amides is 1. The van der Waals surface area contributed by atoms with E-state index in [9.17, 15) is 14.0 Å². The SMILES string of the molecule is CC(C)c1nn(CC(=O)Nc2ccn3c(F)cnc3c2)c(=O)c2cc(C3CC3)nn12. The quantitative estimate of drug-likeness (QED) is 0.545. The van der Waals surface area contributed by atoms with Crippen LogP contribution >= 0.6 is 0 Å². The van der Waals surface area contributed by atoms with Gasteiger partial charge in [-0.2, -0.15) is 14.6 Å². The summed E-state index contributed by atoms with van der Waals surface area (Å²) in [7, 11) is 0. The van der Waals surface area contributed by atoms with Crippen LogP contribution < -0.4 is 10.9 Å². The molecule has 0 radical (unpaired) electrons. The van der Waals surface area contributed by atoms with Gasteiger partial charge in [-0.05, 0) is 25.0 Å². The van der Waals surface area contributed by atoms with E-state index in [4.69, 9.17) is 0 Å². The minimum absolute atomic E-state index is 0.0205. The van der Waals surface area contributed by atoms with E-state index in [-0.39, 0.29) is 18.0 Å². The van der Waals surface area contributed by atoms with E-state index in [0.29, 0.717) is 28.6 Å². The Morgan fingerprint density at radius 2 is 2.10 bits per heavy atom. The lowest BCUT2D eigenvalue weighted by Crippen LogP contribution is -2.32. The molecule has 0 unspecified atom stereocenters. The number of hydrogen-bond acceptors (Lipinski definition) is 5. The van der Waals surface area contributed by atoms with Crippen molar-refractivity contribution in [1.29, 1.82) is 0 Å². The molecule has 0 saturated heterocycles. The van der Waals surface area contributed by atoms with Gasteiger partial charge >= 0.3 is 0 Å². The molecule has 0 atom stereocenters. The van der Waals surface area contributed by atoms with Crippen molar-refractivity contribution in [2.75, 3.05) is 5.32 Å². The van der Waals surface area contributed by atoms with E-state index in [1.807, 2.05) is 19.9 Å². The van der Waals surface area contributed by atoms with Gasteiger partial charge in [0.1, 0.15) is 17.7 Å². The number of hydrogen-bond donors (Lipinski definition) is 1. The Labute approximate surface area is 170 Å². The third-order valence-corrected chi connectivity index (χ3v) is 5.18. The molecule has 154 valence electrons. The van der Waals surface area contributed by atoms with Gasteiger partial charge in [0.15, 0.2) is 5.82 Å². The van der Waals surface area contributed by atoms with E-state index in [0.717, 1.165) is 24.7 Å². The van der Waals surface area contributed by atoms with Crippen LogP contribution in [-0.2, 0) is 11.3 Å². The van der Waals surface area contributed by atoms with Gasteiger partial charge in [0, 0.05) is 29.8 Å². The number of carbonyl (C=O) groups excluding carboxylic acids is 1. The van der Waals surface area contributed by atoms with Crippen molar-refractivity contribution in [1.82, 2.24) is 28.8 Å². The van der Waals surface area contributed by atoms with Crippen LogP contribution in [0.1, 0.15) is 50.0 Å². The maximum absolute atomic E-state index is 13.5. The van der Waals surface area contributed by atoms with E-state index in [1.54, 1.807) is 16.6 Å². The first-order valence-corrected chi connectivity index (χ1v) is 9.84. The minimum Gasteiger partial charge on any atom is -0.324 e. The van der Waals surface area contributed by atoms with Crippen LogP contribution in [0.15, 0.2) is 35.4 Å². The molecule has 0 spiro atoms. The van der Waals surface area contributed by atoms with E-state index in [2.05, 4.69) is 20.5 Å². The van der Waals surface area contributed by atoms with Crippen molar-refractivity contribution in [2.45, 2.75) is 45.1 Å². The molecule has 0 aromatic carbocycles. The summed E-state index contributed by atoms with van der Waals surface area (Å²) in [6, 6.07) is 4.93. The highest BCUT2D eigenvalue weighted by Crippen LogP contribution is 2.39. The van der Waals surface area contributed by atoms with Crippen molar-refractivity contribution in [3.05, 3.63) is 58.4 Å². The van der Waals surface area contributed by atoms with Crippen LogP contribution in [0.5, 0.6) is 0 Å². The summed E-state index contributed by atoms with van der Waals surface area (Å²) in [4.78, 5) is 29.4. The van der Waals surface area contributed by atoms with Gasteiger partial charge < -0.3 is 5.32 Å². The summed E-state index contributed by atoms with van der Waals surface area (Å²) in [5, 5.41) is 11.7. The Kier molecular flexibility index (Phi) is 4.16. The highest BCUT2D eigenvalue weighted by atomic mass is 19.1. The molecule has 1 fully saturated rings. The molecular weight excluding hydrogens is 389 g/mol. The van der Waals surface area contributed by atoms with Gasteiger partial charge in [-0.3, -0.25) is 14.0 Å². The topological polar surface area (TPSA) is 98.6 Å². The number of halogens is 1. The maximum atomic E-state index is 13.5. The second-order valence-electron chi connectivity index (χ2n) is 7.89. The number of imidazole rings is 1. The largest absolute Gasteiger partial charge is 0.324 e. The summed E-state index contributed by atoms with van der Waals surface area (Å²) in [5.74, 6) is 0.149. The average molecular weight is 409 g/mol.